The minimum atomic E-state index is -0.522. The Morgan fingerprint density at radius 1 is 1.07 bits per heavy atom. The number of hydrogen-bond donors (Lipinski definition) is 1. The second-order valence-electron chi connectivity index (χ2n) is 8.01. The molecule has 3 aliphatic rings. The molecule has 1 atom stereocenters. The SMILES string of the molecule is Cc1ccccc1N1CCN(C2CCCN(C(=O)C3(N)CC3)C2)CC1.Cl.Cl. The summed E-state index contributed by atoms with van der Waals surface area (Å²) in [6, 6.07) is 9.14. The number of nitrogens with two attached hydrogens (primary N) is 1. The topological polar surface area (TPSA) is 52.8 Å². The van der Waals surface area contributed by atoms with Crippen LogP contribution in [0.2, 0.25) is 0 Å². The van der Waals surface area contributed by atoms with Crippen molar-refractivity contribution in [3.63, 3.8) is 0 Å². The lowest BCUT2D eigenvalue weighted by Gasteiger charge is -2.44. The maximum Gasteiger partial charge on any atom is 0.242 e. The minimum absolute atomic E-state index is 0. The van der Waals surface area contributed by atoms with E-state index in [4.69, 9.17) is 5.73 Å². The highest BCUT2D eigenvalue weighted by molar-refractivity contribution is 5.89. The third-order valence-electron chi connectivity index (χ3n) is 6.19. The number of likely N-dealkylation sites (tertiary alicyclic amines) is 1. The molecule has 7 heteroatoms. The summed E-state index contributed by atoms with van der Waals surface area (Å²) in [6.07, 6.45) is 4.03. The van der Waals surface area contributed by atoms with Gasteiger partial charge in [0.25, 0.3) is 0 Å². The van der Waals surface area contributed by atoms with Gasteiger partial charge in [-0.15, -0.1) is 24.8 Å². The predicted molar refractivity (Wildman–Crippen MR) is 115 cm³/mol. The molecule has 4 rings (SSSR count). The fourth-order valence-corrected chi connectivity index (χ4v) is 4.35. The van der Waals surface area contributed by atoms with Crippen molar-refractivity contribution in [2.24, 2.45) is 5.73 Å². The van der Waals surface area contributed by atoms with Crippen LogP contribution in [0.25, 0.3) is 0 Å². The number of aryl methyl sites for hydroxylation is 1. The third kappa shape index (κ3) is 4.70. The fraction of sp³-hybridized carbons (Fsp3) is 0.650. The zero-order chi connectivity index (χ0) is 17.4. The summed E-state index contributed by atoms with van der Waals surface area (Å²) in [5.74, 6) is 0.191. The quantitative estimate of drug-likeness (QED) is 0.824. The van der Waals surface area contributed by atoms with Gasteiger partial charge in [-0.25, -0.2) is 0 Å². The van der Waals surface area contributed by atoms with Crippen LogP contribution < -0.4 is 10.6 Å². The van der Waals surface area contributed by atoms with Crippen LogP contribution in [0.15, 0.2) is 24.3 Å². The molecule has 1 saturated carbocycles. The third-order valence-corrected chi connectivity index (χ3v) is 6.19. The van der Waals surface area contributed by atoms with Crippen LogP contribution in [0.4, 0.5) is 5.69 Å². The van der Waals surface area contributed by atoms with E-state index < -0.39 is 5.54 Å². The van der Waals surface area contributed by atoms with Gasteiger partial charge in [-0.2, -0.15) is 0 Å². The van der Waals surface area contributed by atoms with Gasteiger partial charge in [0.05, 0.1) is 5.54 Å². The minimum Gasteiger partial charge on any atom is -0.369 e. The molecule has 0 spiro atoms. The van der Waals surface area contributed by atoms with E-state index in [1.807, 2.05) is 4.90 Å². The molecule has 27 heavy (non-hydrogen) atoms. The average molecular weight is 415 g/mol. The van der Waals surface area contributed by atoms with E-state index in [-0.39, 0.29) is 30.7 Å². The number of para-hydroxylation sites is 1. The molecular weight excluding hydrogens is 383 g/mol. The molecule has 1 aliphatic carbocycles. The van der Waals surface area contributed by atoms with Crippen molar-refractivity contribution in [3.8, 4) is 0 Å². The number of piperazine rings is 1. The van der Waals surface area contributed by atoms with Gasteiger partial charge >= 0.3 is 0 Å². The smallest absolute Gasteiger partial charge is 0.242 e. The highest BCUT2D eigenvalue weighted by atomic mass is 35.5. The molecule has 5 nitrogen and oxygen atoms in total. The summed E-state index contributed by atoms with van der Waals surface area (Å²) in [5.41, 5.74) is 8.32. The molecule has 1 amide bonds. The van der Waals surface area contributed by atoms with Gasteiger partial charge < -0.3 is 15.5 Å². The monoisotopic (exact) mass is 414 g/mol. The van der Waals surface area contributed by atoms with E-state index in [1.165, 1.54) is 17.7 Å². The first-order chi connectivity index (χ1) is 12.1. The number of nitrogens with zero attached hydrogens (tertiary/aromatic N) is 3. The van der Waals surface area contributed by atoms with Gasteiger partial charge in [-0.1, -0.05) is 18.2 Å². The molecule has 0 aromatic heterocycles. The number of anilines is 1. The molecule has 3 fully saturated rings. The van der Waals surface area contributed by atoms with Crippen LogP contribution in [0.1, 0.15) is 31.2 Å². The number of halogens is 2. The second kappa shape index (κ2) is 8.99. The van der Waals surface area contributed by atoms with Gasteiger partial charge in [0.1, 0.15) is 0 Å². The van der Waals surface area contributed by atoms with Crippen molar-refractivity contribution in [3.05, 3.63) is 29.8 Å². The summed E-state index contributed by atoms with van der Waals surface area (Å²) in [5, 5.41) is 0. The van der Waals surface area contributed by atoms with Crippen LogP contribution in [-0.2, 0) is 4.79 Å². The first-order valence-corrected chi connectivity index (χ1v) is 9.70. The summed E-state index contributed by atoms with van der Waals surface area (Å²) in [7, 11) is 0. The van der Waals surface area contributed by atoms with Crippen molar-refractivity contribution in [1.82, 2.24) is 9.80 Å². The van der Waals surface area contributed by atoms with E-state index in [1.54, 1.807) is 0 Å². The Balaban J connectivity index is 0.00000131. The number of amides is 1. The van der Waals surface area contributed by atoms with Crippen molar-refractivity contribution < 1.29 is 4.79 Å². The largest absolute Gasteiger partial charge is 0.369 e. The van der Waals surface area contributed by atoms with Crippen molar-refractivity contribution >= 4 is 36.4 Å². The first-order valence-electron chi connectivity index (χ1n) is 9.70. The molecule has 1 aromatic rings. The van der Waals surface area contributed by atoms with Crippen LogP contribution >= 0.6 is 24.8 Å². The number of carbonyl (C=O) groups is 1. The number of carbonyl (C=O) groups excluding carboxylic acids is 1. The lowest BCUT2D eigenvalue weighted by molar-refractivity contribution is -0.135. The Morgan fingerprint density at radius 2 is 1.74 bits per heavy atom. The summed E-state index contributed by atoms with van der Waals surface area (Å²) in [6.45, 7) is 8.22. The molecule has 2 aliphatic heterocycles. The summed E-state index contributed by atoms with van der Waals surface area (Å²) in [4.78, 5) is 19.7. The van der Waals surface area contributed by atoms with E-state index in [9.17, 15) is 4.79 Å². The normalized spacial score (nSPS) is 24.6. The molecule has 1 aromatic carbocycles. The molecule has 0 bridgehead atoms. The van der Waals surface area contributed by atoms with Crippen LogP contribution in [0.5, 0.6) is 0 Å². The number of benzene rings is 1. The lowest BCUT2D eigenvalue weighted by atomic mass is 10.0. The van der Waals surface area contributed by atoms with Gasteiger partial charge in [-0.05, 0) is 44.2 Å². The Kier molecular flexibility index (Phi) is 7.42. The Hall–Kier alpha value is -1.01. The highest BCUT2D eigenvalue weighted by Crippen LogP contribution is 2.35. The summed E-state index contributed by atoms with van der Waals surface area (Å²) < 4.78 is 0. The second-order valence-corrected chi connectivity index (χ2v) is 8.01. The first kappa shape index (κ1) is 22.3. The maximum atomic E-state index is 12.6. The number of piperidine rings is 1. The van der Waals surface area contributed by atoms with E-state index >= 15 is 0 Å². The Morgan fingerprint density at radius 3 is 2.37 bits per heavy atom. The Bertz CT molecular complexity index is 645. The summed E-state index contributed by atoms with van der Waals surface area (Å²) >= 11 is 0. The van der Waals surface area contributed by atoms with Gasteiger partial charge in [0.2, 0.25) is 5.91 Å². The van der Waals surface area contributed by atoms with E-state index in [0.29, 0.717) is 6.04 Å². The van der Waals surface area contributed by atoms with Gasteiger partial charge in [0, 0.05) is 51.0 Å². The molecule has 2 heterocycles. The standard InChI is InChI=1S/C20H30N4O.2ClH/c1-16-5-2-3-7-18(16)23-13-11-22(12-14-23)17-6-4-10-24(15-17)19(25)20(21)8-9-20;;/h2-3,5,7,17H,4,6,8-15,21H2,1H3;2*1H. The highest BCUT2D eigenvalue weighted by Gasteiger charge is 2.49. The molecule has 2 N–H and O–H groups in total. The zero-order valence-electron chi connectivity index (χ0n) is 16.1. The number of rotatable bonds is 3. The van der Waals surface area contributed by atoms with Crippen molar-refractivity contribution in [1.29, 1.82) is 0 Å². The van der Waals surface area contributed by atoms with Crippen LogP contribution in [0.3, 0.4) is 0 Å². The van der Waals surface area contributed by atoms with Crippen LogP contribution in [0, 0.1) is 6.92 Å². The lowest BCUT2D eigenvalue weighted by Crippen LogP contribution is -2.58. The van der Waals surface area contributed by atoms with Gasteiger partial charge in [0.15, 0.2) is 0 Å². The van der Waals surface area contributed by atoms with Crippen molar-refractivity contribution in [2.75, 3.05) is 44.2 Å². The molecule has 0 radical (unpaired) electrons. The molecule has 152 valence electrons. The van der Waals surface area contributed by atoms with E-state index in [2.05, 4.69) is 41.0 Å². The van der Waals surface area contributed by atoms with E-state index in [0.717, 1.165) is 58.5 Å². The molecule has 1 unspecified atom stereocenters. The maximum absolute atomic E-state index is 12.6. The zero-order valence-corrected chi connectivity index (χ0v) is 17.7. The molecular formula is C20H32Cl2N4O. The van der Waals surface area contributed by atoms with Crippen molar-refractivity contribution in [2.45, 2.75) is 44.2 Å². The number of hydrogen-bond acceptors (Lipinski definition) is 4. The Labute approximate surface area is 175 Å². The fourth-order valence-electron chi connectivity index (χ4n) is 4.35. The van der Waals surface area contributed by atoms with Gasteiger partial charge in [-0.3, -0.25) is 9.69 Å². The van der Waals surface area contributed by atoms with Crippen LogP contribution in [-0.4, -0.2) is 66.6 Å². The average Bonchev–Trinajstić information content (AvgIpc) is 3.40. The predicted octanol–water partition coefficient (Wildman–Crippen LogP) is 2.44. The molecule has 2 saturated heterocycles.